The van der Waals surface area contributed by atoms with E-state index in [0.717, 1.165) is 79.8 Å². The lowest BCUT2D eigenvalue weighted by molar-refractivity contribution is -0.138. The van der Waals surface area contributed by atoms with Crippen molar-refractivity contribution in [1.29, 1.82) is 0 Å². The van der Waals surface area contributed by atoms with Gasteiger partial charge in [0.1, 0.15) is 43.3 Å². The summed E-state index contributed by atoms with van der Waals surface area (Å²) in [5.41, 5.74) is 11.0. The summed E-state index contributed by atoms with van der Waals surface area (Å²) < 4.78 is 26.9. The Morgan fingerprint density at radius 2 is 0.617 bits per heavy atom. The number of aliphatic hydroxyl groups is 2. The molecule has 0 spiro atoms. The molecule has 4 amide bonds. The van der Waals surface area contributed by atoms with Crippen molar-refractivity contribution in [2.45, 2.75) is 163 Å². The van der Waals surface area contributed by atoms with Crippen LogP contribution in [0.5, 0.6) is 0 Å². The van der Waals surface area contributed by atoms with E-state index in [0.29, 0.717) is 22.3 Å². The third-order valence-corrected chi connectivity index (χ3v) is 18.4. The van der Waals surface area contributed by atoms with Gasteiger partial charge in [0.25, 0.3) is 0 Å². The van der Waals surface area contributed by atoms with Crippen molar-refractivity contribution in [2.75, 3.05) is 14.2 Å². The smallest absolute Gasteiger partial charge is 0.337 e. The van der Waals surface area contributed by atoms with Crippen LogP contribution in [0.2, 0.25) is 0 Å². The quantitative estimate of drug-likeness (QED) is 0.0105. The molecule has 0 heterocycles. The van der Waals surface area contributed by atoms with Crippen LogP contribution in [0.1, 0.15) is 230 Å². The molecule has 24 nitrogen and oxygen atoms in total. The monoisotopic (exact) mass is 1640 g/mol. The highest BCUT2D eigenvalue weighted by Gasteiger charge is 2.29. The third kappa shape index (κ3) is 33.0. The van der Waals surface area contributed by atoms with Crippen LogP contribution in [0.15, 0.2) is 194 Å². The Morgan fingerprint density at radius 1 is 0.357 bits per heavy atom. The van der Waals surface area contributed by atoms with Gasteiger partial charge in [-0.3, -0.25) is 33.6 Å². The van der Waals surface area contributed by atoms with Crippen LogP contribution in [0.3, 0.4) is 0 Å². The maximum Gasteiger partial charge on any atom is 0.337 e. The molecular weight excluding hydrogens is 1540 g/mol. The van der Waals surface area contributed by atoms with Gasteiger partial charge in [0.05, 0.1) is 87.1 Å². The second-order valence-corrected chi connectivity index (χ2v) is 28.9. The SMILES string of the molecule is CC(C)[C@@H](OCc1cccc(C=O)c1)C(=O)N[C@@H](C)c1ccc(C(=O)O)cc1.CC(C)[C@@H](OCc1cccc(CO)c1)C(=O)N[C@@H](C)c1ccc(C(=O)O)cc1.COC(=O)c1ccc([C@H](C)NC(=O)[C@H](O)C(C)C)cc1.COC(=O)c1ccc([C@H](C)NC(=O)[C@H](OCc2cccc(C=O)c2)C(C)C)cc1.O=Cc1cccc(CBr)c1. The van der Waals surface area contributed by atoms with E-state index in [9.17, 15) is 63.0 Å². The van der Waals surface area contributed by atoms with E-state index in [-0.39, 0.29) is 103 Å². The Balaban J connectivity index is 0.000000312. The largest absolute Gasteiger partial charge is 0.478 e. The average Bonchev–Trinajstić information content (AvgIpc) is 0.880. The minimum atomic E-state index is -1.02. The molecule has 0 fully saturated rings. The van der Waals surface area contributed by atoms with Crippen molar-refractivity contribution >= 4 is 82.3 Å². The topological polar surface area (TPSA) is 363 Å². The van der Waals surface area contributed by atoms with Gasteiger partial charge >= 0.3 is 23.9 Å². The number of methoxy groups -OCH3 is 2. The molecule has 115 heavy (non-hydrogen) atoms. The van der Waals surface area contributed by atoms with Crippen molar-refractivity contribution in [3.63, 3.8) is 0 Å². The summed E-state index contributed by atoms with van der Waals surface area (Å²) in [6.45, 7) is 23.1. The predicted molar refractivity (Wildman–Crippen MR) is 440 cm³/mol. The molecule has 0 aromatic heterocycles. The molecule has 8 aromatic rings. The number of aldehydes is 3. The number of benzene rings is 8. The molecule has 8 atom stereocenters. The van der Waals surface area contributed by atoms with E-state index in [1.165, 1.54) is 38.5 Å². The number of carbonyl (C=O) groups excluding carboxylic acids is 9. The number of hydrogen-bond donors (Lipinski definition) is 8. The van der Waals surface area contributed by atoms with Gasteiger partial charge in [-0.05, 0) is 168 Å². The van der Waals surface area contributed by atoms with Crippen LogP contribution < -0.4 is 21.3 Å². The lowest BCUT2D eigenvalue weighted by Gasteiger charge is -2.24. The standard InChI is InChI=1S/C23H27NO5.C22H27NO5.C22H25NO5.C15H21NO4.C8H7BrO/c1-15(2)21(29-14-18-7-5-6-17(12-18)13-25)22(26)24-16(3)19-8-10-20(11-9-19)23(27)28-4;2*1-14(2)20(28-13-17-6-4-5-16(11-17)12-24)21(25)23-15(3)18-7-9-19(10-8-18)22(26)27;1-9(2)13(17)14(18)16-10(3)11-5-7-12(8-6-11)15(19)20-4;9-5-7-2-1-3-8(4-7)6-10/h5-13,15-16,21H,14H2,1-4H3,(H,24,26);4-11,14-15,20,24H,12-13H2,1-3H3,(H,23,25)(H,26,27);4-12,14-15,20H,13H2,1-3H3,(H,23,25)(H,26,27);5-10,13,17H,1-4H3,(H,16,18);1-4,6H,5H2/t16-,21+;2*15-,20+;10-,13+;/m0000./s1. The number of hydrogen-bond acceptors (Lipinski definition) is 18. The fraction of sp³-hybridized carbons (Fsp3) is 0.344. The first-order valence-corrected chi connectivity index (χ1v) is 38.5. The number of nitrogens with one attached hydrogen (secondary N) is 4. The highest BCUT2D eigenvalue weighted by molar-refractivity contribution is 9.08. The second-order valence-electron chi connectivity index (χ2n) is 28.3. The number of aromatic carboxylic acids is 2. The van der Waals surface area contributed by atoms with Crippen LogP contribution in [-0.2, 0) is 74.6 Å². The summed E-state index contributed by atoms with van der Waals surface area (Å²) in [6, 6.07) is 54.5. The fourth-order valence-corrected chi connectivity index (χ4v) is 11.4. The fourth-order valence-electron chi connectivity index (χ4n) is 11.1. The number of carbonyl (C=O) groups is 11. The summed E-state index contributed by atoms with van der Waals surface area (Å²) in [7, 11) is 2.66. The third-order valence-electron chi connectivity index (χ3n) is 17.8. The van der Waals surface area contributed by atoms with E-state index in [4.69, 9.17) is 29.2 Å². The zero-order valence-electron chi connectivity index (χ0n) is 67.4. The van der Waals surface area contributed by atoms with Gasteiger partial charge in [0.2, 0.25) is 23.6 Å². The number of esters is 2. The number of ether oxygens (including phenoxy) is 5. The first-order chi connectivity index (χ1) is 54.7. The Bertz CT molecular complexity index is 4440. The van der Waals surface area contributed by atoms with Gasteiger partial charge in [-0.1, -0.05) is 199 Å². The minimum Gasteiger partial charge on any atom is -0.478 e. The molecule has 0 bridgehead atoms. The summed E-state index contributed by atoms with van der Waals surface area (Å²) >= 11 is 3.30. The maximum atomic E-state index is 12.8. The van der Waals surface area contributed by atoms with Gasteiger partial charge in [-0.25, -0.2) is 19.2 Å². The van der Waals surface area contributed by atoms with Gasteiger partial charge in [-0.15, -0.1) is 0 Å². The summed E-state index contributed by atoms with van der Waals surface area (Å²) in [5, 5.41) is 49.2. The van der Waals surface area contributed by atoms with E-state index in [1.807, 2.05) is 124 Å². The molecule has 614 valence electrons. The van der Waals surface area contributed by atoms with Gasteiger partial charge in [0.15, 0.2) is 0 Å². The molecule has 8 aromatic carbocycles. The molecule has 0 aliphatic rings. The number of rotatable bonds is 34. The van der Waals surface area contributed by atoms with E-state index >= 15 is 0 Å². The number of aliphatic hydroxyl groups excluding tert-OH is 2. The first-order valence-electron chi connectivity index (χ1n) is 37.4. The molecule has 0 aliphatic carbocycles. The molecule has 8 rings (SSSR count). The number of carboxylic acid groups (broad SMARTS) is 2. The lowest BCUT2D eigenvalue weighted by atomic mass is 10.0. The number of halogens is 1. The van der Waals surface area contributed by atoms with Crippen LogP contribution >= 0.6 is 15.9 Å². The van der Waals surface area contributed by atoms with E-state index in [2.05, 4.69) is 41.9 Å². The van der Waals surface area contributed by atoms with Gasteiger partial charge < -0.3 is 65.4 Å². The predicted octanol–water partition coefficient (Wildman–Crippen LogP) is 14.7. The summed E-state index contributed by atoms with van der Waals surface area (Å²) in [6.07, 6.45) is -0.527. The Kier molecular flexibility index (Phi) is 41.9. The molecule has 0 saturated heterocycles. The van der Waals surface area contributed by atoms with Crippen molar-refractivity contribution in [3.8, 4) is 0 Å². The summed E-state index contributed by atoms with van der Waals surface area (Å²) in [4.78, 5) is 127. The number of amides is 4. The van der Waals surface area contributed by atoms with Crippen LogP contribution in [0.4, 0.5) is 0 Å². The minimum absolute atomic E-state index is 0.0254. The molecular formula is C90H107BrN4O20. The van der Waals surface area contributed by atoms with Gasteiger partial charge in [-0.2, -0.15) is 0 Å². The van der Waals surface area contributed by atoms with Gasteiger partial charge in [0, 0.05) is 22.0 Å². The molecule has 0 saturated carbocycles. The highest BCUT2D eigenvalue weighted by Crippen LogP contribution is 2.23. The number of carboxylic acids is 2. The van der Waals surface area contributed by atoms with Crippen LogP contribution in [0, 0.1) is 23.7 Å². The van der Waals surface area contributed by atoms with Crippen molar-refractivity contribution in [2.24, 2.45) is 23.7 Å². The Labute approximate surface area is 681 Å². The highest BCUT2D eigenvalue weighted by atomic mass is 79.9. The maximum absolute atomic E-state index is 12.8. The number of alkyl halides is 1. The first kappa shape index (κ1) is 96.2. The normalized spacial score (nSPS) is 12.8. The van der Waals surface area contributed by atoms with Crippen LogP contribution in [0.25, 0.3) is 0 Å². The van der Waals surface area contributed by atoms with E-state index in [1.54, 1.807) is 129 Å². The zero-order chi connectivity index (χ0) is 85.4. The molecule has 8 N–H and O–H groups in total. The molecule has 0 radical (unpaired) electrons. The molecule has 0 aliphatic heterocycles. The van der Waals surface area contributed by atoms with Crippen molar-refractivity contribution < 1.29 is 96.9 Å². The van der Waals surface area contributed by atoms with Crippen molar-refractivity contribution in [3.05, 3.63) is 283 Å². The Hall–Kier alpha value is -11.2. The Morgan fingerprint density at radius 3 is 0.878 bits per heavy atom. The lowest BCUT2D eigenvalue weighted by Crippen LogP contribution is -2.40. The van der Waals surface area contributed by atoms with Crippen LogP contribution in [-0.4, -0.2) is 125 Å². The second kappa shape index (κ2) is 50.1. The van der Waals surface area contributed by atoms with Crippen molar-refractivity contribution in [1.82, 2.24) is 21.3 Å². The summed E-state index contributed by atoms with van der Waals surface area (Å²) in [5.74, 6) is -4.08. The molecule has 25 heteroatoms. The van der Waals surface area contributed by atoms with E-state index < -0.39 is 54.2 Å². The zero-order valence-corrected chi connectivity index (χ0v) is 69.0. The molecule has 0 unspecified atom stereocenters. The average molecular weight is 1640 g/mol.